The van der Waals surface area contributed by atoms with Crippen LogP contribution >= 0.6 is 0 Å². The average Bonchev–Trinajstić information content (AvgIpc) is 2.35. The lowest BCUT2D eigenvalue weighted by atomic mass is 9.98. The van der Waals surface area contributed by atoms with E-state index in [1.807, 2.05) is 13.8 Å². The van der Waals surface area contributed by atoms with Crippen molar-refractivity contribution >= 4 is 0 Å². The third kappa shape index (κ3) is 4.02. The first-order chi connectivity index (χ1) is 7.38. The molecular weight excluding hydrogens is 186 g/mol. The van der Waals surface area contributed by atoms with Gasteiger partial charge in [0.25, 0.3) is 0 Å². The number of aryl methyl sites for hydroxylation is 1. The number of hydrogen-bond acceptors (Lipinski definition) is 2. The van der Waals surface area contributed by atoms with E-state index in [0.717, 1.165) is 19.6 Å². The quantitative estimate of drug-likeness (QED) is 0.713. The fourth-order valence-electron chi connectivity index (χ4n) is 1.61. The van der Waals surface area contributed by atoms with Gasteiger partial charge in [0.1, 0.15) is 0 Å². The zero-order chi connectivity index (χ0) is 11.7. The number of fused-ring (bicyclic) bond motifs is 1. The molecule has 1 aliphatic heterocycles. The van der Waals surface area contributed by atoms with E-state index < -0.39 is 0 Å². The van der Waals surface area contributed by atoms with Crippen LogP contribution in [0, 0.1) is 6.92 Å². The van der Waals surface area contributed by atoms with Crippen LogP contribution < -0.4 is 5.73 Å². The molecule has 2 nitrogen and oxygen atoms in total. The Bertz CT molecular complexity index is 271. The maximum absolute atomic E-state index is 5.35. The van der Waals surface area contributed by atoms with Crippen molar-refractivity contribution in [2.75, 3.05) is 13.7 Å². The summed E-state index contributed by atoms with van der Waals surface area (Å²) in [5.41, 5.74) is 8.78. The molecule has 2 heteroatoms. The Hall–Kier alpha value is -0.860. The second-order valence-electron chi connectivity index (χ2n) is 3.02. The summed E-state index contributed by atoms with van der Waals surface area (Å²) < 4.78 is 5.35. The summed E-state index contributed by atoms with van der Waals surface area (Å²) in [5.74, 6) is 0. The van der Waals surface area contributed by atoms with Crippen LogP contribution in [0.2, 0.25) is 0 Å². The molecule has 1 aliphatic rings. The largest absolute Gasteiger partial charge is 0.376 e. The molecule has 1 aromatic rings. The van der Waals surface area contributed by atoms with E-state index >= 15 is 0 Å². The van der Waals surface area contributed by atoms with Gasteiger partial charge in [-0.3, -0.25) is 0 Å². The summed E-state index contributed by atoms with van der Waals surface area (Å²) in [5, 5.41) is 0. The highest BCUT2D eigenvalue weighted by Crippen LogP contribution is 2.19. The van der Waals surface area contributed by atoms with Gasteiger partial charge in [0.15, 0.2) is 0 Å². The second kappa shape index (κ2) is 8.45. The monoisotopic (exact) mass is 209 g/mol. The smallest absolute Gasteiger partial charge is 0.0719 e. The molecule has 0 bridgehead atoms. The van der Waals surface area contributed by atoms with Crippen LogP contribution in [0.15, 0.2) is 18.2 Å². The van der Waals surface area contributed by atoms with Gasteiger partial charge < -0.3 is 10.5 Å². The molecule has 0 saturated heterocycles. The minimum absolute atomic E-state index is 0.803. The molecule has 2 rings (SSSR count). The summed E-state index contributed by atoms with van der Waals surface area (Å²) in [6.45, 7) is 7.86. The molecule has 0 aromatic heterocycles. The third-order valence-corrected chi connectivity index (χ3v) is 2.26. The minimum Gasteiger partial charge on any atom is -0.376 e. The van der Waals surface area contributed by atoms with Crippen LogP contribution in [0.1, 0.15) is 30.5 Å². The molecule has 86 valence electrons. The molecule has 1 heterocycles. The Morgan fingerprint density at radius 3 is 2.47 bits per heavy atom. The van der Waals surface area contributed by atoms with Gasteiger partial charge in [-0.2, -0.15) is 0 Å². The summed E-state index contributed by atoms with van der Waals surface area (Å²) >= 11 is 0. The van der Waals surface area contributed by atoms with Gasteiger partial charge in [-0.1, -0.05) is 32.0 Å². The van der Waals surface area contributed by atoms with Gasteiger partial charge in [-0.25, -0.2) is 0 Å². The van der Waals surface area contributed by atoms with Gasteiger partial charge in [0.2, 0.25) is 0 Å². The number of hydrogen-bond donors (Lipinski definition) is 1. The number of benzene rings is 1. The first-order valence-corrected chi connectivity index (χ1v) is 5.61. The topological polar surface area (TPSA) is 35.2 Å². The molecule has 0 spiro atoms. The SMILES string of the molecule is CC.CN.Cc1cccc2c1CCOC2. The molecule has 1 aromatic carbocycles. The highest BCUT2D eigenvalue weighted by Gasteiger charge is 2.09. The molecule has 0 aliphatic carbocycles. The van der Waals surface area contributed by atoms with Gasteiger partial charge in [0.05, 0.1) is 13.2 Å². The van der Waals surface area contributed by atoms with Crippen LogP contribution in [0.3, 0.4) is 0 Å². The highest BCUT2D eigenvalue weighted by atomic mass is 16.5. The first kappa shape index (κ1) is 14.1. The van der Waals surface area contributed by atoms with E-state index in [-0.39, 0.29) is 0 Å². The van der Waals surface area contributed by atoms with Crippen LogP contribution in [-0.4, -0.2) is 13.7 Å². The van der Waals surface area contributed by atoms with Gasteiger partial charge in [0, 0.05) is 0 Å². The van der Waals surface area contributed by atoms with E-state index in [9.17, 15) is 0 Å². The van der Waals surface area contributed by atoms with Crippen LogP contribution in [-0.2, 0) is 17.8 Å². The second-order valence-corrected chi connectivity index (χ2v) is 3.02. The Labute approximate surface area is 93.4 Å². The number of ether oxygens (including phenoxy) is 1. The summed E-state index contributed by atoms with van der Waals surface area (Å²) in [7, 11) is 1.50. The minimum atomic E-state index is 0.803. The standard InChI is InChI=1S/C10H12O.C2H6.CH5N/c1-8-3-2-4-9-7-11-6-5-10(8)9;2*1-2/h2-4H,5-7H2,1H3;1-2H3;2H2,1H3. The maximum Gasteiger partial charge on any atom is 0.0719 e. The van der Waals surface area contributed by atoms with Crippen molar-refractivity contribution in [2.45, 2.75) is 33.8 Å². The van der Waals surface area contributed by atoms with E-state index in [1.54, 1.807) is 0 Å². The van der Waals surface area contributed by atoms with Crippen molar-refractivity contribution < 1.29 is 4.74 Å². The lowest BCUT2D eigenvalue weighted by molar-refractivity contribution is 0.110. The lowest BCUT2D eigenvalue weighted by Crippen LogP contribution is -2.10. The van der Waals surface area contributed by atoms with Crippen molar-refractivity contribution in [1.29, 1.82) is 0 Å². The average molecular weight is 209 g/mol. The molecule has 0 atom stereocenters. The van der Waals surface area contributed by atoms with Gasteiger partial charge >= 0.3 is 0 Å². The fraction of sp³-hybridized carbons (Fsp3) is 0.538. The zero-order valence-electron chi connectivity index (χ0n) is 10.3. The first-order valence-electron chi connectivity index (χ1n) is 5.61. The van der Waals surface area contributed by atoms with Crippen molar-refractivity contribution in [3.8, 4) is 0 Å². The molecule has 15 heavy (non-hydrogen) atoms. The predicted octanol–water partition coefficient (Wildman–Crippen LogP) is 2.67. The Morgan fingerprint density at radius 1 is 1.20 bits per heavy atom. The fourth-order valence-corrected chi connectivity index (χ4v) is 1.61. The van der Waals surface area contributed by atoms with Crippen molar-refractivity contribution in [2.24, 2.45) is 5.73 Å². The van der Waals surface area contributed by atoms with E-state index in [0.29, 0.717) is 0 Å². The lowest BCUT2D eigenvalue weighted by Gasteiger charge is -2.17. The number of rotatable bonds is 0. The van der Waals surface area contributed by atoms with Crippen molar-refractivity contribution in [3.63, 3.8) is 0 Å². The van der Waals surface area contributed by atoms with E-state index in [1.165, 1.54) is 23.7 Å². The van der Waals surface area contributed by atoms with Crippen LogP contribution in [0.5, 0.6) is 0 Å². The third-order valence-electron chi connectivity index (χ3n) is 2.26. The number of nitrogens with two attached hydrogens (primary N) is 1. The Kier molecular flexibility index (Phi) is 7.96. The summed E-state index contributed by atoms with van der Waals surface area (Å²) in [6.07, 6.45) is 1.09. The molecule has 0 amide bonds. The molecule has 2 N–H and O–H groups in total. The van der Waals surface area contributed by atoms with Crippen molar-refractivity contribution in [1.82, 2.24) is 0 Å². The summed E-state index contributed by atoms with van der Waals surface area (Å²) in [6, 6.07) is 6.43. The van der Waals surface area contributed by atoms with E-state index in [4.69, 9.17) is 4.74 Å². The Balaban J connectivity index is 0.000000442. The normalized spacial score (nSPS) is 12.6. The van der Waals surface area contributed by atoms with Crippen molar-refractivity contribution in [3.05, 3.63) is 34.9 Å². The molecule has 0 unspecified atom stereocenters. The van der Waals surface area contributed by atoms with Gasteiger partial charge in [-0.15, -0.1) is 0 Å². The maximum atomic E-state index is 5.35. The van der Waals surface area contributed by atoms with Crippen LogP contribution in [0.4, 0.5) is 0 Å². The molecular formula is C13H23NO. The molecule has 0 saturated carbocycles. The van der Waals surface area contributed by atoms with Crippen LogP contribution in [0.25, 0.3) is 0 Å². The zero-order valence-corrected chi connectivity index (χ0v) is 10.3. The summed E-state index contributed by atoms with van der Waals surface area (Å²) in [4.78, 5) is 0. The molecule has 0 radical (unpaired) electrons. The van der Waals surface area contributed by atoms with E-state index in [2.05, 4.69) is 30.9 Å². The predicted molar refractivity (Wildman–Crippen MR) is 66.0 cm³/mol. The molecule has 0 fully saturated rings. The van der Waals surface area contributed by atoms with Gasteiger partial charge in [-0.05, 0) is 37.1 Å². The highest BCUT2D eigenvalue weighted by molar-refractivity contribution is 5.35. The Morgan fingerprint density at radius 2 is 1.87 bits per heavy atom.